The Kier molecular flexibility index (Phi) is 3.72. The van der Waals surface area contributed by atoms with Crippen molar-refractivity contribution in [3.8, 4) is 11.5 Å². The van der Waals surface area contributed by atoms with Crippen LogP contribution in [0.3, 0.4) is 0 Å². The summed E-state index contributed by atoms with van der Waals surface area (Å²) in [5.41, 5.74) is 2.40. The fourth-order valence-electron chi connectivity index (χ4n) is 2.15. The van der Waals surface area contributed by atoms with Gasteiger partial charge >= 0.3 is 0 Å². The fourth-order valence-corrected chi connectivity index (χ4v) is 2.15. The van der Waals surface area contributed by atoms with Crippen LogP contribution in [-0.2, 0) is 6.42 Å². The van der Waals surface area contributed by atoms with Gasteiger partial charge in [-0.2, -0.15) is 0 Å². The number of aryl methyl sites for hydroxylation is 1. The van der Waals surface area contributed by atoms with E-state index in [1.807, 2.05) is 25.3 Å². The van der Waals surface area contributed by atoms with Crippen LogP contribution in [0.5, 0.6) is 11.5 Å². The first-order valence-corrected chi connectivity index (χ1v) is 6.86. The quantitative estimate of drug-likeness (QED) is 0.927. The van der Waals surface area contributed by atoms with Gasteiger partial charge in [-0.3, -0.25) is 0 Å². The van der Waals surface area contributed by atoms with Crippen molar-refractivity contribution >= 4 is 5.82 Å². The molecule has 0 saturated carbocycles. The number of nitrogens with one attached hydrogen (secondary N) is 1. The summed E-state index contributed by atoms with van der Waals surface area (Å²) in [6.45, 7) is 4.14. The minimum atomic E-state index is 0.627. The molecule has 1 aliphatic heterocycles. The van der Waals surface area contributed by atoms with Crippen LogP contribution in [0.25, 0.3) is 0 Å². The first-order valence-electron chi connectivity index (χ1n) is 6.86. The van der Waals surface area contributed by atoms with Gasteiger partial charge in [0.05, 0.1) is 0 Å². The summed E-state index contributed by atoms with van der Waals surface area (Å²) in [5, 5.41) is 3.32. The summed E-state index contributed by atoms with van der Waals surface area (Å²) in [6, 6.07) is 10.2. The molecular weight excluding hydrogens is 252 g/mol. The predicted octanol–water partition coefficient (Wildman–Crippen LogP) is 2.82. The van der Waals surface area contributed by atoms with Crippen LogP contribution in [0, 0.1) is 6.92 Å². The number of anilines is 1. The number of ether oxygens (including phenoxy) is 2. The van der Waals surface area contributed by atoms with Gasteiger partial charge in [0.25, 0.3) is 0 Å². The van der Waals surface area contributed by atoms with E-state index < -0.39 is 0 Å². The summed E-state index contributed by atoms with van der Waals surface area (Å²) in [4.78, 5) is 4.32. The topological polar surface area (TPSA) is 43.4 Å². The number of pyridine rings is 1. The second kappa shape index (κ2) is 5.82. The minimum absolute atomic E-state index is 0.627. The second-order valence-corrected chi connectivity index (χ2v) is 4.88. The van der Waals surface area contributed by atoms with Gasteiger partial charge in [-0.15, -0.1) is 0 Å². The molecule has 0 bridgehead atoms. The lowest BCUT2D eigenvalue weighted by Gasteiger charge is -2.18. The summed E-state index contributed by atoms with van der Waals surface area (Å²) in [5.74, 6) is 2.60. The summed E-state index contributed by atoms with van der Waals surface area (Å²) < 4.78 is 11.1. The van der Waals surface area contributed by atoms with Crippen molar-refractivity contribution in [2.45, 2.75) is 13.3 Å². The van der Waals surface area contributed by atoms with Gasteiger partial charge in [0.1, 0.15) is 19.0 Å². The van der Waals surface area contributed by atoms with Crippen LogP contribution in [0.1, 0.15) is 11.1 Å². The van der Waals surface area contributed by atoms with Crippen LogP contribution in [0.2, 0.25) is 0 Å². The third-order valence-corrected chi connectivity index (χ3v) is 3.24. The Morgan fingerprint density at radius 1 is 1.10 bits per heavy atom. The maximum Gasteiger partial charge on any atom is 0.161 e. The third-order valence-electron chi connectivity index (χ3n) is 3.24. The lowest BCUT2D eigenvalue weighted by atomic mass is 10.1. The molecule has 0 fully saturated rings. The lowest BCUT2D eigenvalue weighted by molar-refractivity contribution is 0.171. The molecule has 4 nitrogen and oxygen atoms in total. The molecule has 0 radical (unpaired) electrons. The van der Waals surface area contributed by atoms with Gasteiger partial charge in [0.15, 0.2) is 11.5 Å². The highest BCUT2D eigenvalue weighted by atomic mass is 16.6. The van der Waals surface area contributed by atoms with Crippen molar-refractivity contribution in [2.75, 3.05) is 25.1 Å². The number of fused-ring (bicyclic) bond motifs is 1. The molecule has 0 amide bonds. The zero-order valence-electron chi connectivity index (χ0n) is 11.6. The first-order chi connectivity index (χ1) is 9.81. The molecule has 4 heteroatoms. The van der Waals surface area contributed by atoms with E-state index in [9.17, 15) is 0 Å². The molecule has 104 valence electrons. The Bertz CT molecular complexity index is 582. The monoisotopic (exact) mass is 270 g/mol. The van der Waals surface area contributed by atoms with E-state index in [-0.39, 0.29) is 0 Å². The highest BCUT2D eigenvalue weighted by molar-refractivity contribution is 5.44. The second-order valence-electron chi connectivity index (χ2n) is 4.88. The van der Waals surface area contributed by atoms with Crippen molar-refractivity contribution in [1.82, 2.24) is 4.98 Å². The highest BCUT2D eigenvalue weighted by Gasteiger charge is 2.11. The summed E-state index contributed by atoms with van der Waals surface area (Å²) in [7, 11) is 0. The van der Waals surface area contributed by atoms with Crippen molar-refractivity contribution in [1.29, 1.82) is 0 Å². The molecule has 0 aliphatic carbocycles. The van der Waals surface area contributed by atoms with Gasteiger partial charge < -0.3 is 14.8 Å². The van der Waals surface area contributed by atoms with Gasteiger partial charge in [-0.1, -0.05) is 12.1 Å². The Morgan fingerprint density at radius 3 is 2.75 bits per heavy atom. The van der Waals surface area contributed by atoms with Crippen LogP contribution in [-0.4, -0.2) is 24.7 Å². The number of hydrogen-bond donors (Lipinski definition) is 1. The van der Waals surface area contributed by atoms with E-state index in [1.165, 1.54) is 11.1 Å². The Morgan fingerprint density at radius 2 is 1.95 bits per heavy atom. The average molecular weight is 270 g/mol. The molecule has 0 unspecified atom stereocenters. The van der Waals surface area contributed by atoms with Crippen molar-refractivity contribution in [3.05, 3.63) is 47.7 Å². The van der Waals surface area contributed by atoms with Crippen LogP contribution >= 0.6 is 0 Å². The Balaban J connectivity index is 1.57. The smallest absolute Gasteiger partial charge is 0.161 e. The number of nitrogens with zero attached hydrogens (tertiary/aromatic N) is 1. The zero-order valence-corrected chi connectivity index (χ0v) is 11.6. The standard InChI is InChI=1S/C16H18N2O2/c1-12-2-5-16(18-11-12)17-7-6-13-3-4-14-15(10-13)20-9-8-19-14/h2-5,10-11H,6-9H2,1H3,(H,17,18). The van der Waals surface area contributed by atoms with E-state index in [2.05, 4.69) is 28.5 Å². The third kappa shape index (κ3) is 3.02. The van der Waals surface area contributed by atoms with Crippen molar-refractivity contribution in [2.24, 2.45) is 0 Å². The Labute approximate surface area is 118 Å². The number of aromatic nitrogens is 1. The molecule has 1 aliphatic rings. The van der Waals surface area contributed by atoms with E-state index in [0.29, 0.717) is 13.2 Å². The van der Waals surface area contributed by atoms with E-state index in [0.717, 1.165) is 30.3 Å². The summed E-state index contributed by atoms with van der Waals surface area (Å²) >= 11 is 0. The SMILES string of the molecule is Cc1ccc(NCCc2ccc3c(c2)OCCO3)nc1. The van der Waals surface area contributed by atoms with Crippen LogP contribution < -0.4 is 14.8 Å². The molecule has 0 atom stereocenters. The maximum atomic E-state index is 5.58. The van der Waals surface area contributed by atoms with E-state index >= 15 is 0 Å². The summed E-state index contributed by atoms with van der Waals surface area (Å²) in [6.07, 6.45) is 2.79. The molecule has 0 saturated heterocycles. The van der Waals surface area contributed by atoms with E-state index in [4.69, 9.17) is 9.47 Å². The minimum Gasteiger partial charge on any atom is -0.486 e. The molecular formula is C16H18N2O2. The van der Waals surface area contributed by atoms with Crippen LogP contribution in [0.4, 0.5) is 5.82 Å². The van der Waals surface area contributed by atoms with Gasteiger partial charge in [0, 0.05) is 12.7 Å². The largest absolute Gasteiger partial charge is 0.486 e. The van der Waals surface area contributed by atoms with Gasteiger partial charge in [-0.05, 0) is 42.7 Å². The first kappa shape index (κ1) is 12.8. The number of hydrogen-bond acceptors (Lipinski definition) is 4. The molecule has 3 rings (SSSR count). The molecule has 1 aromatic heterocycles. The predicted molar refractivity (Wildman–Crippen MR) is 78.6 cm³/mol. The molecule has 1 N–H and O–H groups in total. The zero-order chi connectivity index (χ0) is 13.8. The average Bonchev–Trinajstić information content (AvgIpc) is 2.49. The Hall–Kier alpha value is -2.23. The van der Waals surface area contributed by atoms with Gasteiger partial charge in [-0.25, -0.2) is 4.98 Å². The molecule has 2 heterocycles. The van der Waals surface area contributed by atoms with E-state index in [1.54, 1.807) is 0 Å². The number of benzene rings is 1. The molecule has 0 spiro atoms. The molecule has 2 aromatic rings. The molecule has 1 aromatic carbocycles. The van der Waals surface area contributed by atoms with Crippen LogP contribution in [0.15, 0.2) is 36.5 Å². The fraction of sp³-hybridized carbons (Fsp3) is 0.312. The van der Waals surface area contributed by atoms with Gasteiger partial charge in [0.2, 0.25) is 0 Å². The van der Waals surface area contributed by atoms with Crippen molar-refractivity contribution in [3.63, 3.8) is 0 Å². The highest BCUT2D eigenvalue weighted by Crippen LogP contribution is 2.30. The molecule has 20 heavy (non-hydrogen) atoms. The van der Waals surface area contributed by atoms with Crippen molar-refractivity contribution < 1.29 is 9.47 Å². The number of rotatable bonds is 4. The maximum absolute atomic E-state index is 5.58. The lowest BCUT2D eigenvalue weighted by Crippen LogP contribution is -2.15. The normalized spacial score (nSPS) is 13.1.